The molecule has 0 radical (unpaired) electrons. The van der Waals surface area contributed by atoms with Gasteiger partial charge in [-0.1, -0.05) is 84.0 Å². The van der Waals surface area contributed by atoms with Crippen molar-refractivity contribution in [3.05, 3.63) is 0 Å². The summed E-state index contributed by atoms with van der Waals surface area (Å²) >= 11 is 0. The molecule has 0 aromatic heterocycles. The quantitative estimate of drug-likeness (QED) is 0.410. The third-order valence-corrected chi connectivity index (χ3v) is 4.84. The predicted molar refractivity (Wildman–Crippen MR) is 92.6 cm³/mol. The van der Waals surface area contributed by atoms with Crippen LogP contribution in [0.5, 0.6) is 0 Å². The van der Waals surface area contributed by atoms with Crippen molar-refractivity contribution in [1.82, 2.24) is 0 Å². The Bertz CT molecular complexity index is 228. The van der Waals surface area contributed by atoms with E-state index in [9.17, 15) is 10.2 Å². The Labute approximate surface area is 133 Å². The lowest BCUT2D eigenvalue weighted by atomic mass is 9.83. The standard InChI is InChI=1S/C19H40O2/c1-5-6-7-8-9-10-11-12-13-14-15-16-17-19(4,21)18(2,3)20/h20-21H,5-17H2,1-4H3. The van der Waals surface area contributed by atoms with E-state index in [1.54, 1.807) is 20.8 Å². The first kappa shape index (κ1) is 20.9. The van der Waals surface area contributed by atoms with Gasteiger partial charge in [-0.05, 0) is 27.2 Å². The van der Waals surface area contributed by atoms with Crippen molar-refractivity contribution < 1.29 is 10.2 Å². The Kier molecular flexibility index (Phi) is 11.4. The summed E-state index contributed by atoms with van der Waals surface area (Å²) in [4.78, 5) is 0. The summed E-state index contributed by atoms with van der Waals surface area (Å²) in [5, 5.41) is 20.0. The molecule has 1 unspecified atom stereocenters. The van der Waals surface area contributed by atoms with Crippen molar-refractivity contribution in [2.24, 2.45) is 0 Å². The van der Waals surface area contributed by atoms with E-state index in [1.165, 1.54) is 70.6 Å². The summed E-state index contributed by atoms with van der Waals surface area (Å²) in [5.74, 6) is 0. The molecule has 2 N–H and O–H groups in total. The second-order valence-electron chi connectivity index (χ2n) is 7.47. The average molecular weight is 301 g/mol. The van der Waals surface area contributed by atoms with E-state index in [4.69, 9.17) is 0 Å². The molecule has 128 valence electrons. The van der Waals surface area contributed by atoms with Gasteiger partial charge < -0.3 is 10.2 Å². The number of aliphatic hydroxyl groups is 2. The van der Waals surface area contributed by atoms with Crippen LogP contribution in [-0.2, 0) is 0 Å². The van der Waals surface area contributed by atoms with Crippen LogP contribution < -0.4 is 0 Å². The molecule has 0 aromatic carbocycles. The van der Waals surface area contributed by atoms with Gasteiger partial charge in [0.1, 0.15) is 0 Å². The van der Waals surface area contributed by atoms with Crippen LogP contribution in [0.15, 0.2) is 0 Å². The van der Waals surface area contributed by atoms with Crippen molar-refractivity contribution in [2.75, 3.05) is 0 Å². The highest BCUT2D eigenvalue weighted by molar-refractivity contribution is 4.89. The molecule has 0 heterocycles. The number of rotatable bonds is 14. The molecule has 1 atom stereocenters. The topological polar surface area (TPSA) is 40.5 Å². The molecule has 0 aromatic rings. The van der Waals surface area contributed by atoms with Gasteiger partial charge in [-0.3, -0.25) is 0 Å². The monoisotopic (exact) mass is 300 g/mol. The van der Waals surface area contributed by atoms with E-state index in [0.29, 0.717) is 6.42 Å². The molecule has 0 rings (SSSR count). The molecule has 0 amide bonds. The first-order chi connectivity index (χ1) is 9.81. The maximum Gasteiger partial charge on any atom is 0.0900 e. The minimum absolute atomic E-state index is 0.688. The SMILES string of the molecule is CCCCCCCCCCCCCCC(C)(O)C(C)(C)O. The number of hydrogen-bond acceptors (Lipinski definition) is 2. The maximum atomic E-state index is 10.2. The summed E-state index contributed by atoms with van der Waals surface area (Å²) in [7, 11) is 0. The van der Waals surface area contributed by atoms with Gasteiger partial charge in [-0.15, -0.1) is 0 Å². The highest BCUT2D eigenvalue weighted by Gasteiger charge is 2.36. The highest BCUT2D eigenvalue weighted by atomic mass is 16.3. The molecule has 0 saturated carbocycles. The van der Waals surface area contributed by atoms with E-state index in [2.05, 4.69) is 6.92 Å². The Morgan fingerprint density at radius 2 is 0.905 bits per heavy atom. The van der Waals surface area contributed by atoms with E-state index < -0.39 is 11.2 Å². The molecule has 21 heavy (non-hydrogen) atoms. The van der Waals surface area contributed by atoms with Crippen LogP contribution in [0.2, 0.25) is 0 Å². The third kappa shape index (κ3) is 11.2. The number of hydrogen-bond donors (Lipinski definition) is 2. The van der Waals surface area contributed by atoms with Gasteiger partial charge in [0.15, 0.2) is 0 Å². The normalized spacial score (nSPS) is 15.1. The van der Waals surface area contributed by atoms with Crippen LogP contribution in [0.1, 0.15) is 111 Å². The van der Waals surface area contributed by atoms with Crippen molar-refractivity contribution in [3.8, 4) is 0 Å². The fourth-order valence-electron chi connectivity index (χ4n) is 2.62. The van der Waals surface area contributed by atoms with Crippen molar-refractivity contribution >= 4 is 0 Å². The minimum atomic E-state index is -1.01. The first-order valence-corrected chi connectivity index (χ1v) is 9.26. The van der Waals surface area contributed by atoms with Gasteiger partial charge in [-0.25, -0.2) is 0 Å². The van der Waals surface area contributed by atoms with E-state index in [-0.39, 0.29) is 0 Å². The lowest BCUT2D eigenvalue weighted by molar-refractivity contribution is -0.124. The molecular weight excluding hydrogens is 260 g/mol. The minimum Gasteiger partial charge on any atom is -0.387 e. The van der Waals surface area contributed by atoms with Crippen LogP contribution in [0.4, 0.5) is 0 Å². The fraction of sp³-hybridized carbons (Fsp3) is 1.00. The first-order valence-electron chi connectivity index (χ1n) is 9.26. The van der Waals surface area contributed by atoms with Crippen molar-refractivity contribution in [3.63, 3.8) is 0 Å². The van der Waals surface area contributed by atoms with Crippen LogP contribution in [-0.4, -0.2) is 21.4 Å². The molecule has 0 spiro atoms. The Morgan fingerprint density at radius 1 is 0.571 bits per heavy atom. The molecule has 0 fully saturated rings. The number of unbranched alkanes of at least 4 members (excludes halogenated alkanes) is 11. The largest absolute Gasteiger partial charge is 0.387 e. The van der Waals surface area contributed by atoms with E-state index >= 15 is 0 Å². The molecule has 2 heteroatoms. The van der Waals surface area contributed by atoms with Gasteiger partial charge in [-0.2, -0.15) is 0 Å². The lowest BCUT2D eigenvalue weighted by Gasteiger charge is -2.35. The third-order valence-electron chi connectivity index (χ3n) is 4.84. The molecule has 2 nitrogen and oxygen atoms in total. The summed E-state index contributed by atoms with van der Waals surface area (Å²) in [5.41, 5.74) is -1.98. The highest BCUT2D eigenvalue weighted by Crippen LogP contribution is 2.27. The van der Waals surface area contributed by atoms with Gasteiger partial charge in [0.05, 0.1) is 11.2 Å². The molecule has 0 aliphatic carbocycles. The molecule has 0 aliphatic rings. The van der Waals surface area contributed by atoms with Crippen molar-refractivity contribution in [1.29, 1.82) is 0 Å². The van der Waals surface area contributed by atoms with Gasteiger partial charge in [0, 0.05) is 0 Å². The van der Waals surface area contributed by atoms with Crippen LogP contribution >= 0.6 is 0 Å². The van der Waals surface area contributed by atoms with Crippen LogP contribution in [0.3, 0.4) is 0 Å². The van der Waals surface area contributed by atoms with Gasteiger partial charge in [0.2, 0.25) is 0 Å². The van der Waals surface area contributed by atoms with E-state index in [0.717, 1.165) is 6.42 Å². The van der Waals surface area contributed by atoms with Gasteiger partial charge in [0.25, 0.3) is 0 Å². The lowest BCUT2D eigenvalue weighted by Crippen LogP contribution is -2.47. The molecule has 0 saturated heterocycles. The summed E-state index contributed by atoms with van der Waals surface area (Å²) in [6.07, 6.45) is 16.6. The molecular formula is C19H40O2. The molecule has 0 bridgehead atoms. The average Bonchev–Trinajstić information content (AvgIpc) is 2.38. The Hall–Kier alpha value is -0.0800. The van der Waals surface area contributed by atoms with Crippen LogP contribution in [0, 0.1) is 0 Å². The van der Waals surface area contributed by atoms with Gasteiger partial charge >= 0.3 is 0 Å². The Morgan fingerprint density at radius 3 is 1.24 bits per heavy atom. The summed E-state index contributed by atoms with van der Waals surface area (Å²) < 4.78 is 0. The van der Waals surface area contributed by atoms with E-state index in [1.807, 2.05) is 0 Å². The zero-order valence-corrected chi connectivity index (χ0v) is 15.1. The predicted octanol–water partition coefficient (Wildman–Crippen LogP) is 5.60. The Balaban J connectivity index is 3.30. The second-order valence-corrected chi connectivity index (χ2v) is 7.47. The molecule has 0 aliphatic heterocycles. The van der Waals surface area contributed by atoms with Crippen LogP contribution in [0.25, 0.3) is 0 Å². The zero-order chi connectivity index (χ0) is 16.2. The second kappa shape index (κ2) is 11.5. The smallest absolute Gasteiger partial charge is 0.0900 e. The zero-order valence-electron chi connectivity index (χ0n) is 15.1. The van der Waals surface area contributed by atoms with Crippen molar-refractivity contribution in [2.45, 2.75) is 122 Å². The summed E-state index contributed by atoms with van der Waals surface area (Å²) in [6.45, 7) is 7.38. The summed E-state index contributed by atoms with van der Waals surface area (Å²) in [6, 6.07) is 0. The maximum absolute atomic E-state index is 10.2. The fourth-order valence-corrected chi connectivity index (χ4v) is 2.62.